The van der Waals surface area contributed by atoms with E-state index in [-0.39, 0.29) is 22.7 Å². The Morgan fingerprint density at radius 3 is 3.11 bits per heavy atom. The fourth-order valence-corrected chi connectivity index (χ4v) is 2.28. The summed E-state index contributed by atoms with van der Waals surface area (Å²) >= 11 is 6.02. The third-order valence-corrected chi connectivity index (χ3v) is 3.33. The van der Waals surface area contributed by atoms with Crippen LogP contribution in [0.1, 0.15) is 30.1 Å². The van der Waals surface area contributed by atoms with Gasteiger partial charge < -0.3 is 15.2 Å². The lowest BCUT2D eigenvalue weighted by atomic mass is 10.0. The number of ether oxygens (including phenoxy) is 1. The third kappa shape index (κ3) is 2.91. The van der Waals surface area contributed by atoms with E-state index >= 15 is 0 Å². The molecule has 1 aromatic rings. The van der Waals surface area contributed by atoms with Gasteiger partial charge in [-0.2, -0.15) is 0 Å². The van der Waals surface area contributed by atoms with Crippen LogP contribution in [0.25, 0.3) is 0 Å². The molecule has 5 nitrogen and oxygen atoms in total. The number of hydrogen-bond acceptors (Lipinski definition) is 4. The number of aromatic nitrogens is 1. The van der Waals surface area contributed by atoms with Crippen LogP contribution in [0, 0.1) is 0 Å². The van der Waals surface area contributed by atoms with Gasteiger partial charge in [-0.05, 0) is 25.8 Å². The Bertz CT molecular complexity index is 453. The summed E-state index contributed by atoms with van der Waals surface area (Å²) in [5, 5.41) is 12.3. The molecule has 0 amide bonds. The number of carboxylic acid groups (broad SMARTS) is 1. The minimum absolute atomic E-state index is 0.0641. The molecule has 98 valence electrons. The summed E-state index contributed by atoms with van der Waals surface area (Å²) in [4.78, 5) is 15.1. The van der Waals surface area contributed by atoms with Gasteiger partial charge in [-0.1, -0.05) is 11.6 Å². The molecular weight excluding hydrogens is 256 g/mol. The molecular formula is C12H15ClN2O3. The van der Waals surface area contributed by atoms with E-state index in [1.807, 2.05) is 6.92 Å². The first kappa shape index (κ1) is 13.1. The van der Waals surface area contributed by atoms with Crippen molar-refractivity contribution in [2.24, 2.45) is 0 Å². The van der Waals surface area contributed by atoms with Gasteiger partial charge in [0.2, 0.25) is 0 Å². The zero-order chi connectivity index (χ0) is 13.1. The standard InChI is InChI=1S/C12H15ClN2O3/c1-7-6-8(3-5-18-7)15-11-10(13)9(12(16)17)2-4-14-11/h2,4,7-8H,3,5-6H2,1H3,(H,14,15)(H,16,17). The molecule has 1 saturated heterocycles. The van der Waals surface area contributed by atoms with Crippen LogP contribution in [0.3, 0.4) is 0 Å². The Morgan fingerprint density at radius 2 is 2.44 bits per heavy atom. The van der Waals surface area contributed by atoms with Crippen molar-refractivity contribution in [1.29, 1.82) is 0 Å². The highest BCUT2D eigenvalue weighted by atomic mass is 35.5. The quantitative estimate of drug-likeness (QED) is 0.883. The molecule has 0 radical (unpaired) electrons. The zero-order valence-corrected chi connectivity index (χ0v) is 10.8. The molecule has 18 heavy (non-hydrogen) atoms. The number of pyridine rings is 1. The number of halogens is 1. The topological polar surface area (TPSA) is 71.5 Å². The highest BCUT2D eigenvalue weighted by Gasteiger charge is 2.21. The predicted octanol–water partition coefficient (Wildman–Crippen LogP) is 2.41. The largest absolute Gasteiger partial charge is 0.478 e. The summed E-state index contributed by atoms with van der Waals surface area (Å²) in [6, 6.07) is 1.60. The van der Waals surface area contributed by atoms with Gasteiger partial charge in [0.1, 0.15) is 5.82 Å². The number of rotatable bonds is 3. The maximum Gasteiger partial charge on any atom is 0.337 e. The Balaban J connectivity index is 2.14. The number of nitrogens with one attached hydrogen (secondary N) is 1. The van der Waals surface area contributed by atoms with Crippen LogP contribution in [-0.4, -0.2) is 34.8 Å². The van der Waals surface area contributed by atoms with E-state index in [4.69, 9.17) is 21.4 Å². The maximum atomic E-state index is 11.0. The molecule has 2 rings (SSSR count). The summed E-state index contributed by atoms with van der Waals surface area (Å²) in [6.45, 7) is 2.70. The van der Waals surface area contributed by atoms with Crippen LogP contribution >= 0.6 is 11.6 Å². The summed E-state index contributed by atoms with van der Waals surface area (Å²) in [5.41, 5.74) is 0.0641. The summed E-state index contributed by atoms with van der Waals surface area (Å²) in [6.07, 6.45) is 3.35. The fourth-order valence-electron chi connectivity index (χ4n) is 2.03. The fraction of sp³-hybridized carbons (Fsp3) is 0.500. The molecule has 1 aromatic heterocycles. The van der Waals surface area contributed by atoms with Gasteiger partial charge in [0.05, 0.1) is 16.7 Å². The molecule has 1 fully saturated rings. The monoisotopic (exact) mass is 270 g/mol. The van der Waals surface area contributed by atoms with E-state index in [2.05, 4.69) is 10.3 Å². The summed E-state index contributed by atoms with van der Waals surface area (Å²) in [5.74, 6) is -0.624. The number of hydrogen-bond donors (Lipinski definition) is 2. The Hall–Kier alpha value is -1.33. The lowest BCUT2D eigenvalue weighted by Gasteiger charge is -2.28. The second-order valence-electron chi connectivity index (χ2n) is 4.37. The van der Waals surface area contributed by atoms with Gasteiger partial charge in [0.25, 0.3) is 0 Å². The first-order chi connectivity index (χ1) is 8.58. The molecule has 1 aliphatic rings. The van der Waals surface area contributed by atoms with E-state index < -0.39 is 5.97 Å². The molecule has 0 spiro atoms. The SMILES string of the molecule is CC1CC(Nc2nccc(C(=O)O)c2Cl)CCO1. The molecule has 0 aliphatic carbocycles. The van der Waals surface area contributed by atoms with Crippen LogP contribution in [0.4, 0.5) is 5.82 Å². The van der Waals surface area contributed by atoms with E-state index in [1.54, 1.807) is 0 Å². The molecule has 2 atom stereocenters. The smallest absolute Gasteiger partial charge is 0.337 e. The lowest BCUT2D eigenvalue weighted by molar-refractivity contribution is 0.0231. The highest BCUT2D eigenvalue weighted by Crippen LogP contribution is 2.26. The summed E-state index contributed by atoms with van der Waals surface area (Å²) in [7, 11) is 0. The number of anilines is 1. The van der Waals surface area contributed by atoms with Crippen molar-refractivity contribution in [2.45, 2.75) is 31.9 Å². The molecule has 0 aromatic carbocycles. The number of aromatic carboxylic acids is 1. The molecule has 2 unspecified atom stereocenters. The van der Waals surface area contributed by atoms with Crippen molar-refractivity contribution in [3.05, 3.63) is 22.8 Å². The van der Waals surface area contributed by atoms with Crippen molar-refractivity contribution in [1.82, 2.24) is 4.98 Å². The average Bonchev–Trinajstić information content (AvgIpc) is 2.31. The summed E-state index contributed by atoms with van der Waals surface area (Å²) < 4.78 is 5.45. The van der Waals surface area contributed by atoms with E-state index in [0.29, 0.717) is 12.4 Å². The Kier molecular flexibility index (Phi) is 4.04. The average molecular weight is 271 g/mol. The number of nitrogens with zero attached hydrogens (tertiary/aromatic N) is 1. The molecule has 0 saturated carbocycles. The highest BCUT2D eigenvalue weighted by molar-refractivity contribution is 6.35. The second-order valence-corrected chi connectivity index (χ2v) is 4.75. The van der Waals surface area contributed by atoms with Crippen molar-refractivity contribution in [2.75, 3.05) is 11.9 Å². The minimum Gasteiger partial charge on any atom is -0.478 e. The van der Waals surface area contributed by atoms with Crippen LogP contribution in [0.15, 0.2) is 12.3 Å². The second kappa shape index (κ2) is 5.54. The first-order valence-electron chi connectivity index (χ1n) is 5.84. The van der Waals surface area contributed by atoms with Crippen LogP contribution in [0.2, 0.25) is 5.02 Å². The van der Waals surface area contributed by atoms with E-state index in [9.17, 15) is 4.79 Å². The zero-order valence-electron chi connectivity index (χ0n) is 10.0. The van der Waals surface area contributed by atoms with Crippen molar-refractivity contribution in [3.8, 4) is 0 Å². The van der Waals surface area contributed by atoms with Gasteiger partial charge in [-0.25, -0.2) is 9.78 Å². The van der Waals surface area contributed by atoms with Gasteiger partial charge in [-0.3, -0.25) is 0 Å². The maximum absolute atomic E-state index is 11.0. The molecule has 2 N–H and O–H groups in total. The molecule has 1 aliphatic heterocycles. The number of carbonyl (C=O) groups is 1. The minimum atomic E-state index is -1.05. The van der Waals surface area contributed by atoms with Crippen LogP contribution in [-0.2, 0) is 4.74 Å². The van der Waals surface area contributed by atoms with Crippen molar-refractivity contribution < 1.29 is 14.6 Å². The molecule has 2 heterocycles. The van der Waals surface area contributed by atoms with E-state index in [0.717, 1.165) is 12.8 Å². The Labute approximate surface area is 110 Å². The molecule has 0 bridgehead atoms. The van der Waals surface area contributed by atoms with Crippen molar-refractivity contribution >= 4 is 23.4 Å². The normalized spacial score (nSPS) is 23.7. The third-order valence-electron chi connectivity index (χ3n) is 2.95. The number of carboxylic acids is 1. The first-order valence-corrected chi connectivity index (χ1v) is 6.21. The van der Waals surface area contributed by atoms with Crippen LogP contribution < -0.4 is 5.32 Å². The van der Waals surface area contributed by atoms with Gasteiger partial charge >= 0.3 is 5.97 Å². The van der Waals surface area contributed by atoms with Gasteiger partial charge in [0, 0.05) is 18.8 Å². The van der Waals surface area contributed by atoms with Gasteiger partial charge in [-0.15, -0.1) is 0 Å². The molecule has 6 heteroatoms. The van der Waals surface area contributed by atoms with Gasteiger partial charge in [0.15, 0.2) is 0 Å². The lowest BCUT2D eigenvalue weighted by Crippen LogP contribution is -2.32. The van der Waals surface area contributed by atoms with E-state index in [1.165, 1.54) is 12.3 Å². The Morgan fingerprint density at radius 1 is 1.67 bits per heavy atom. The van der Waals surface area contributed by atoms with Crippen molar-refractivity contribution in [3.63, 3.8) is 0 Å². The predicted molar refractivity (Wildman–Crippen MR) is 68.3 cm³/mol. The van der Waals surface area contributed by atoms with Crippen LogP contribution in [0.5, 0.6) is 0 Å².